The predicted molar refractivity (Wildman–Crippen MR) is 99.0 cm³/mol. The smallest absolute Gasteiger partial charge is 0.419 e. The molecule has 3 rings (SSSR count). The Hall–Kier alpha value is -3.43. The standard InChI is InChI=1S/C20H17F4N3O3/c1-4-30-19(28)17-11(2)18(12-5-8-16(29-3)25-10-12)27(26-17)13-6-7-15(21)14(9-13)20(22,23)24/h5-10H,4H2,1-3H3. The van der Waals surface area contributed by atoms with Crippen molar-refractivity contribution in [3.63, 3.8) is 0 Å². The van der Waals surface area contributed by atoms with Gasteiger partial charge in [-0.25, -0.2) is 18.9 Å². The van der Waals surface area contributed by atoms with Crippen molar-refractivity contribution >= 4 is 5.97 Å². The van der Waals surface area contributed by atoms with Crippen LogP contribution in [0.2, 0.25) is 0 Å². The molecule has 0 N–H and O–H groups in total. The molecule has 0 atom stereocenters. The lowest BCUT2D eigenvalue weighted by Gasteiger charge is -2.13. The van der Waals surface area contributed by atoms with Crippen LogP contribution in [0.3, 0.4) is 0 Å². The number of methoxy groups -OCH3 is 1. The molecule has 3 aromatic rings. The van der Waals surface area contributed by atoms with Crippen LogP contribution < -0.4 is 4.74 Å². The van der Waals surface area contributed by atoms with Gasteiger partial charge < -0.3 is 9.47 Å². The average Bonchev–Trinajstić information content (AvgIpc) is 3.05. The lowest BCUT2D eigenvalue weighted by molar-refractivity contribution is -0.140. The fourth-order valence-electron chi connectivity index (χ4n) is 2.92. The first-order chi connectivity index (χ1) is 14.2. The molecule has 0 bridgehead atoms. The van der Waals surface area contributed by atoms with E-state index in [0.29, 0.717) is 34.8 Å². The zero-order valence-electron chi connectivity index (χ0n) is 16.2. The van der Waals surface area contributed by atoms with Crippen LogP contribution in [0, 0.1) is 12.7 Å². The Labute approximate surface area is 169 Å². The Balaban J connectivity index is 2.25. The highest BCUT2D eigenvalue weighted by molar-refractivity contribution is 5.91. The minimum absolute atomic E-state index is 0.0689. The summed E-state index contributed by atoms with van der Waals surface area (Å²) in [4.78, 5) is 16.4. The fraction of sp³-hybridized carbons (Fsp3) is 0.250. The summed E-state index contributed by atoms with van der Waals surface area (Å²) in [5.41, 5.74) is -0.432. The number of rotatable bonds is 5. The Kier molecular flexibility index (Phi) is 5.77. The first-order valence-electron chi connectivity index (χ1n) is 8.81. The molecular weight excluding hydrogens is 406 g/mol. The average molecular weight is 423 g/mol. The van der Waals surface area contributed by atoms with Gasteiger partial charge in [-0.1, -0.05) is 0 Å². The Morgan fingerprint density at radius 1 is 1.20 bits per heavy atom. The van der Waals surface area contributed by atoms with Gasteiger partial charge in [0.1, 0.15) is 5.82 Å². The molecule has 10 heteroatoms. The third-order valence-electron chi connectivity index (χ3n) is 4.31. The van der Waals surface area contributed by atoms with Crippen molar-refractivity contribution in [1.82, 2.24) is 14.8 Å². The summed E-state index contributed by atoms with van der Waals surface area (Å²) < 4.78 is 64.5. The van der Waals surface area contributed by atoms with E-state index in [0.717, 1.165) is 10.7 Å². The third kappa shape index (κ3) is 3.98. The quantitative estimate of drug-likeness (QED) is 0.444. The van der Waals surface area contributed by atoms with E-state index in [1.54, 1.807) is 26.0 Å². The van der Waals surface area contributed by atoms with Crippen LogP contribution in [0.4, 0.5) is 17.6 Å². The van der Waals surface area contributed by atoms with E-state index in [2.05, 4.69) is 10.1 Å². The number of nitrogens with zero attached hydrogens (tertiary/aromatic N) is 3. The number of carbonyl (C=O) groups excluding carboxylic acids is 1. The van der Waals surface area contributed by atoms with E-state index in [1.165, 1.54) is 13.3 Å². The van der Waals surface area contributed by atoms with Gasteiger partial charge in [0, 0.05) is 23.4 Å². The van der Waals surface area contributed by atoms with Gasteiger partial charge in [-0.2, -0.15) is 18.3 Å². The van der Waals surface area contributed by atoms with Crippen molar-refractivity contribution in [3.8, 4) is 22.8 Å². The molecule has 0 unspecified atom stereocenters. The largest absolute Gasteiger partial charge is 0.481 e. The highest BCUT2D eigenvalue weighted by Gasteiger charge is 2.35. The molecule has 0 spiro atoms. The van der Waals surface area contributed by atoms with Crippen LogP contribution in [0.5, 0.6) is 5.88 Å². The number of hydrogen-bond acceptors (Lipinski definition) is 5. The van der Waals surface area contributed by atoms with E-state index in [-0.39, 0.29) is 18.0 Å². The monoisotopic (exact) mass is 423 g/mol. The number of carbonyl (C=O) groups is 1. The summed E-state index contributed by atoms with van der Waals surface area (Å²) >= 11 is 0. The summed E-state index contributed by atoms with van der Waals surface area (Å²) in [6, 6.07) is 5.66. The molecule has 0 saturated carbocycles. The number of aromatic nitrogens is 3. The first-order valence-corrected chi connectivity index (χ1v) is 8.81. The molecule has 6 nitrogen and oxygen atoms in total. The lowest BCUT2D eigenvalue weighted by atomic mass is 10.1. The summed E-state index contributed by atoms with van der Waals surface area (Å²) in [7, 11) is 1.44. The number of esters is 1. The molecule has 0 aliphatic carbocycles. The van der Waals surface area contributed by atoms with Crippen LogP contribution in [0.15, 0.2) is 36.5 Å². The Morgan fingerprint density at radius 2 is 1.93 bits per heavy atom. The predicted octanol–water partition coefficient (Wildman–Crippen LogP) is 4.59. The fourth-order valence-corrected chi connectivity index (χ4v) is 2.92. The van der Waals surface area contributed by atoms with Gasteiger partial charge in [-0.15, -0.1) is 0 Å². The van der Waals surface area contributed by atoms with Crippen molar-refractivity contribution in [2.24, 2.45) is 0 Å². The number of benzene rings is 1. The van der Waals surface area contributed by atoms with Crippen LogP contribution in [0.1, 0.15) is 28.5 Å². The number of hydrogen-bond donors (Lipinski definition) is 0. The highest BCUT2D eigenvalue weighted by Crippen LogP contribution is 2.35. The van der Waals surface area contributed by atoms with E-state index in [1.807, 2.05) is 0 Å². The second-order valence-corrected chi connectivity index (χ2v) is 6.21. The van der Waals surface area contributed by atoms with Gasteiger partial charge in [-0.05, 0) is 38.1 Å². The first kappa shape index (κ1) is 21.3. The maximum Gasteiger partial charge on any atom is 0.419 e. The van der Waals surface area contributed by atoms with Crippen molar-refractivity contribution in [3.05, 3.63) is 59.2 Å². The zero-order valence-corrected chi connectivity index (χ0v) is 16.2. The molecule has 2 heterocycles. The summed E-state index contributed by atoms with van der Waals surface area (Å²) in [6.07, 6.45) is -3.46. The summed E-state index contributed by atoms with van der Waals surface area (Å²) in [6.45, 7) is 3.30. The molecule has 1 aromatic carbocycles. The zero-order chi connectivity index (χ0) is 22.1. The number of ether oxygens (including phenoxy) is 2. The molecule has 0 fully saturated rings. The van der Waals surface area contributed by atoms with Crippen LogP contribution >= 0.6 is 0 Å². The van der Waals surface area contributed by atoms with Crippen molar-refractivity contribution in [1.29, 1.82) is 0 Å². The van der Waals surface area contributed by atoms with Crippen LogP contribution in [-0.4, -0.2) is 34.5 Å². The van der Waals surface area contributed by atoms with Crippen molar-refractivity contribution in [2.75, 3.05) is 13.7 Å². The topological polar surface area (TPSA) is 66.2 Å². The normalized spacial score (nSPS) is 11.4. The van der Waals surface area contributed by atoms with Gasteiger partial charge >= 0.3 is 12.1 Å². The number of halogens is 4. The molecule has 0 saturated heterocycles. The molecule has 158 valence electrons. The maximum absolute atomic E-state index is 13.8. The number of pyridine rings is 1. The lowest BCUT2D eigenvalue weighted by Crippen LogP contribution is -2.11. The second-order valence-electron chi connectivity index (χ2n) is 6.21. The summed E-state index contributed by atoms with van der Waals surface area (Å²) in [5.74, 6) is -1.81. The SMILES string of the molecule is CCOC(=O)c1nn(-c2ccc(F)c(C(F)(F)F)c2)c(-c2ccc(OC)nc2)c1C. The van der Waals surface area contributed by atoms with Crippen molar-refractivity contribution < 1.29 is 31.8 Å². The van der Waals surface area contributed by atoms with E-state index >= 15 is 0 Å². The van der Waals surface area contributed by atoms with Crippen molar-refractivity contribution in [2.45, 2.75) is 20.0 Å². The minimum Gasteiger partial charge on any atom is -0.481 e. The van der Waals surface area contributed by atoms with E-state index in [9.17, 15) is 22.4 Å². The molecule has 30 heavy (non-hydrogen) atoms. The third-order valence-corrected chi connectivity index (χ3v) is 4.31. The molecule has 0 radical (unpaired) electrons. The van der Waals surface area contributed by atoms with Gasteiger partial charge in [0.15, 0.2) is 5.69 Å². The van der Waals surface area contributed by atoms with E-state index < -0.39 is 23.5 Å². The van der Waals surface area contributed by atoms with E-state index in [4.69, 9.17) is 9.47 Å². The Morgan fingerprint density at radius 3 is 2.50 bits per heavy atom. The molecule has 0 aliphatic heterocycles. The minimum atomic E-state index is -4.89. The van der Waals surface area contributed by atoms with Gasteiger partial charge in [0.25, 0.3) is 0 Å². The van der Waals surface area contributed by atoms with Gasteiger partial charge in [0.2, 0.25) is 5.88 Å². The molecular formula is C20H17F4N3O3. The Bertz CT molecular complexity index is 1080. The molecule has 0 amide bonds. The maximum atomic E-state index is 13.8. The summed E-state index contributed by atoms with van der Waals surface area (Å²) in [5, 5.41) is 4.16. The molecule has 2 aromatic heterocycles. The van der Waals surface area contributed by atoms with Gasteiger partial charge in [-0.3, -0.25) is 0 Å². The molecule has 0 aliphatic rings. The van der Waals surface area contributed by atoms with Crippen LogP contribution in [-0.2, 0) is 10.9 Å². The number of alkyl halides is 3. The highest BCUT2D eigenvalue weighted by atomic mass is 19.4. The second kappa shape index (κ2) is 8.13. The van der Waals surface area contributed by atoms with Crippen LogP contribution in [0.25, 0.3) is 16.9 Å². The van der Waals surface area contributed by atoms with Gasteiger partial charge in [0.05, 0.1) is 30.7 Å².